The van der Waals surface area contributed by atoms with Gasteiger partial charge in [0.2, 0.25) is 5.95 Å². The summed E-state index contributed by atoms with van der Waals surface area (Å²) in [5.74, 6) is 0.557. The van der Waals surface area contributed by atoms with Crippen molar-refractivity contribution in [2.75, 3.05) is 30.4 Å². The van der Waals surface area contributed by atoms with E-state index in [0.29, 0.717) is 11.8 Å². The maximum atomic E-state index is 13.5. The lowest BCUT2D eigenvalue weighted by Gasteiger charge is -2.27. The molecule has 1 N–H and O–H groups in total. The van der Waals surface area contributed by atoms with E-state index < -0.39 is 0 Å². The Labute approximate surface area is 88.5 Å². The average Bonchev–Trinajstić information content (AvgIpc) is 2.31. The fourth-order valence-corrected chi connectivity index (χ4v) is 1.81. The molecular weight excluding hydrogens is 195 g/mol. The van der Waals surface area contributed by atoms with Gasteiger partial charge in [0.05, 0.1) is 6.20 Å². The Morgan fingerprint density at radius 1 is 1.33 bits per heavy atom. The standard InChI is InChI=1S/C10H15FN4/c1-12-10-13-7-8(11)9(14-10)15-5-3-2-4-6-15/h7H,2-6H2,1H3,(H,12,13,14). The Kier molecular flexibility index (Phi) is 2.99. The van der Waals surface area contributed by atoms with Crippen LogP contribution in [0, 0.1) is 5.82 Å². The van der Waals surface area contributed by atoms with Gasteiger partial charge >= 0.3 is 0 Å². The fourth-order valence-electron chi connectivity index (χ4n) is 1.81. The number of hydrogen-bond acceptors (Lipinski definition) is 4. The van der Waals surface area contributed by atoms with Crippen LogP contribution >= 0.6 is 0 Å². The van der Waals surface area contributed by atoms with E-state index in [1.807, 2.05) is 4.90 Å². The van der Waals surface area contributed by atoms with Crippen LogP contribution < -0.4 is 10.2 Å². The Balaban J connectivity index is 2.24. The van der Waals surface area contributed by atoms with Crippen LogP contribution in [0.5, 0.6) is 0 Å². The van der Waals surface area contributed by atoms with E-state index in [9.17, 15) is 4.39 Å². The average molecular weight is 210 g/mol. The summed E-state index contributed by atoms with van der Waals surface area (Å²) in [6.07, 6.45) is 4.67. The highest BCUT2D eigenvalue weighted by molar-refractivity contribution is 5.43. The fraction of sp³-hybridized carbons (Fsp3) is 0.600. The van der Waals surface area contributed by atoms with E-state index in [1.165, 1.54) is 12.6 Å². The van der Waals surface area contributed by atoms with Crippen molar-refractivity contribution in [3.63, 3.8) is 0 Å². The van der Waals surface area contributed by atoms with Crippen molar-refractivity contribution < 1.29 is 4.39 Å². The third-order valence-corrected chi connectivity index (χ3v) is 2.60. The van der Waals surface area contributed by atoms with Gasteiger partial charge in [0.25, 0.3) is 0 Å². The van der Waals surface area contributed by atoms with Crippen LogP contribution in [-0.4, -0.2) is 30.1 Å². The van der Waals surface area contributed by atoms with Crippen molar-refractivity contribution in [3.8, 4) is 0 Å². The first-order valence-corrected chi connectivity index (χ1v) is 5.26. The van der Waals surface area contributed by atoms with Crippen molar-refractivity contribution in [3.05, 3.63) is 12.0 Å². The molecule has 1 aliphatic rings. The lowest BCUT2D eigenvalue weighted by Crippen LogP contribution is -2.31. The molecule has 0 radical (unpaired) electrons. The zero-order valence-electron chi connectivity index (χ0n) is 8.83. The zero-order valence-corrected chi connectivity index (χ0v) is 8.83. The quantitative estimate of drug-likeness (QED) is 0.805. The minimum absolute atomic E-state index is 0.337. The summed E-state index contributed by atoms with van der Waals surface area (Å²) in [5.41, 5.74) is 0. The maximum Gasteiger partial charge on any atom is 0.224 e. The van der Waals surface area contributed by atoms with Crippen LogP contribution in [0.4, 0.5) is 16.2 Å². The van der Waals surface area contributed by atoms with Crippen LogP contribution in [0.25, 0.3) is 0 Å². The Bertz CT molecular complexity index is 336. The van der Waals surface area contributed by atoms with Crippen molar-refractivity contribution >= 4 is 11.8 Å². The molecule has 0 atom stereocenters. The van der Waals surface area contributed by atoms with E-state index >= 15 is 0 Å². The van der Waals surface area contributed by atoms with Crippen LogP contribution in [-0.2, 0) is 0 Å². The van der Waals surface area contributed by atoms with Gasteiger partial charge in [-0.1, -0.05) is 0 Å². The lowest BCUT2D eigenvalue weighted by molar-refractivity contribution is 0.547. The first-order valence-electron chi connectivity index (χ1n) is 5.26. The topological polar surface area (TPSA) is 41.1 Å². The van der Waals surface area contributed by atoms with Gasteiger partial charge in [-0.25, -0.2) is 9.37 Å². The molecule has 0 aromatic carbocycles. The molecule has 1 aliphatic heterocycles. The predicted octanol–water partition coefficient (Wildman–Crippen LogP) is 1.65. The molecule has 15 heavy (non-hydrogen) atoms. The lowest BCUT2D eigenvalue weighted by atomic mass is 10.1. The summed E-state index contributed by atoms with van der Waals surface area (Å²) in [5, 5.41) is 2.82. The number of piperidine rings is 1. The van der Waals surface area contributed by atoms with Gasteiger partial charge in [-0.3, -0.25) is 0 Å². The molecule has 1 aromatic heterocycles. The highest BCUT2D eigenvalue weighted by Crippen LogP contribution is 2.21. The highest BCUT2D eigenvalue weighted by Gasteiger charge is 2.16. The van der Waals surface area contributed by atoms with E-state index in [-0.39, 0.29) is 5.82 Å². The summed E-state index contributed by atoms with van der Waals surface area (Å²) < 4.78 is 13.5. The van der Waals surface area contributed by atoms with E-state index in [4.69, 9.17) is 0 Å². The smallest absolute Gasteiger partial charge is 0.224 e. The largest absolute Gasteiger partial charge is 0.357 e. The Hall–Kier alpha value is -1.39. The van der Waals surface area contributed by atoms with Crippen LogP contribution in [0.2, 0.25) is 0 Å². The second kappa shape index (κ2) is 4.42. The number of hydrogen-bond donors (Lipinski definition) is 1. The summed E-state index contributed by atoms with van der Waals surface area (Å²) in [4.78, 5) is 9.96. The Morgan fingerprint density at radius 3 is 2.73 bits per heavy atom. The van der Waals surface area contributed by atoms with Gasteiger partial charge < -0.3 is 10.2 Å². The first kappa shape index (κ1) is 10.1. The van der Waals surface area contributed by atoms with Gasteiger partial charge in [-0.2, -0.15) is 4.98 Å². The number of nitrogens with one attached hydrogen (secondary N) is 1. The number of nitrogens with zero attached hydrogens (tertiary/aromatic N) is 3. The molecule has 2 heterocycles. The second-order valence-corrected chi connectivity index (χ2v) is 3.66. The number of anilines is 2. The SMILES string of the molecule is CNc1ncc(F)c(N2CCCCC2)n1. The third-order valence-electron chi connectivity index (χ3n) is 2.60. The Morgan fingerprint density at radius 2 is 2.07 bits per heavy atom. The molecule has 0 spiro atoms. The zero-order chi connectivity index (χ0) is 10.7. The van der Waals surface area contributed by atoms with Crippen molar-refractivity contribution in [1.29, 1.82) is 0 Å². The van der Waals surface area contributed by atoms with E-state index in [1.54, 1.807) is 7.05 Å². The molecule has 0 bridgehead atoms. The summed E-state index contributed by atoms with van der Waals surface area (Å²) in [7, 11) is 1.73. The van der Waals surface area contributed by atoms with Gasteiger partial charge in [-0.15, -0.1) is 0 Å². The molecule has 1 aromatic rings. The molecule has 0 aliphatic carbocycles. The highest BCUT2D eigenvalue weighted by atomic mass is 19.1. The number of halogens is 1. The maximum absolute atomic E-state index is 13.5. The number of aromatic nitrogens is 2. The molecule has 0 unspecified atom stereocenters. The minimum atomic E-state index is -0.337. The second-order valence-electron chi connectivity index (χ2n) is 3.66. The molecule has 2 rings (SSSR count). The molecule has 0 amide bonds. The number of rotatable bonds is 2. The summed E-state index contributed by atoms with van der Waals surface area (Å²) in [6, 6.07) is 0. The van der Waals surface area contributed by atoms with E-state index in [2.05, 4.69) is 15.3 Å². The summed E-state index contributed by atoms with van der Waals surface area (Å²) >= 11 is 0. The van der Waals surface area contributed by atoms with Crippen LogP contribution in [0.1, 0.15) is 19.3 Å². The van der Waals surface area contributed by atoms with Gasteiger partial charge in [0.1, 0.15) is 0 Å². The van der Waals surface area contributed by atoms with Crippen molar-refractivity contribution in [1.82, 2.24) is 9.97 Å². The molecule has 1 saturated heterocycles. The van der Waals surface area contributed by atoms with Crippen LogP contribution in [0.15, 0.2) is 6.20 Å². The molecule has 5 heteroatoms. The normalized spacial score (nSPS) is 16.5. The molecular formula is C10H15FN4. The van der Waals surface area contributed by atoms with Gasteiger partial charge in [0, 0.05) is 20.1 Å². The van der Waals surface area contributed by atoms with Crippen molar-refractivity contribution in [2.24, 2.45) is 0 Å². The van der Waals surface area contributed by atoms with E-state index in [0.717, 1.165) is 25.9 Å². The van der Waals surface area contributed by atoms with Gasteiger partial charge in [-0.05, 0) is 19.3 Å². The summed E-state index contributed by atoms with van der Waals surface area (Å²) in [6.45, 7) is 1.77. The van der Waals surface area contributed by atoms with Gasteiger partial charge in [0.15, 0.2) is 11.6 Å². The third kappa shape index (κ3) is 2.16. The monoisotopic (exact) mass is 210 g/mol. The molecule has 0 saturated carbocycles. The van der Waals surface area contributed by atoms with Crippen LogP contribution in [0.3, 0.4) is 0 Å². The molecule has 1 fully saturated rings. The minimum Gasteiger partial charge on any atom is -0.357 e. The molecule has 82 valence electrons. The first-order chi connectivity index (χ1) is 7.31. The molecule has 4 nitrogen and oxygen atoms in total. The predicted molar refractivity (Wildman–Crippen MR) is 57.6 cm³/mol. The van der Waals surface area contributed by atoms with Crippen molar-refractivity contribution in [2.45, 2.75) is 19.3 Å².